The zero-order valence-corrected chi connectivity index (χ0v) is 11.8. The van der Waals surface area contributed by atoms with E-state index in [2.05, 4.69) is 20.2 Å². The number of nitrogens with zero attached hydrogens (tertiary/aromatic N) is 5. The Balaban J connectivity index is 1.96. The summed E-state index contributed by atoms with van der Waals surface area (Å²) < 4.78 is 1.84. The lowest BCUT2D eigenvalue weighted by molar-refractivity contribution is -0.115. The number of carbonyl (C=O) groups is 1. The molecule has 0 unspecified atom stereocenters. The average Bonchev–Trinajstić information content (AvgIpc) is 2.76. The fourth-order valence-electron chi connectivity index (χ4n) is 1.22. The molecule has 1 amide bonds. The Morgan fingerprint density at radius 3 is 2.74 bits per heavy atom. The van der Waals surface area contributed by atoms with Gasteiger partial charge in [0.1, 0.15) is 5.82 Å². The maximum atomic E-state index is 10.7. The second kappa shape index (κ2) is 6.53. The number of hydrogen-bond donors (Lipinski definition) is 1. The lowest BCUT2D eigenvalue weighted by Gasteiger charge is -2.02. The van der Waals surface area contributed by atoms with Crippen molar-refractivity contribution >= 4 is 29.4 Å². The van der Waals surface area contributed by atoms with Crippen LogP contribution in [0.2, 0.25) is 0 Å². The summed E-state index contributed by atoms with van der Waals surface area (Å²) in [6.45, 7) is 0. The van der Waals surface area contributed by atoms with Crippen LogP contribution in [-0.4, -0.2) is 36.4 Å². The number of rotatable bonds is 6. The van der Waals surface area contributed by atoms with Gasteiger partial charge in [-0.05, 0) is 6.07 Å². The molecule has 9 heteroatoms. The van der Waals surface area contributed by atoms with Gasteiger partial charge in [-0.2, -0.15) is 0 Å². The fourth-order valence-corrected chi connectivity index (χ4v) is 2.67. The van der Waals surface area contributed by atoms with Crippen molar-refractivity contribution < 1.29 is 4.79 Å². The van der Waals surface area contributed by atoms with E-state index >= 15 is 0 Å². The van der Waals surface area contributed by atoms with Crippen LogP contribution >= 0.6 is 23.5 Å². The van der Waals surface area contributed by atoms with Gasteiger partial charge < -0.3 is 10.3 Å². The second-order valence-corrected chi connectivity index (χ2v) is 5.42. The first-order valence-electron chi connectivity index (χ1n) is 5.36. The van der Waals surface area contributed by atoms with Crippen molar-refractivity contribution in [1.82, 2.24) is 24.7 Å². The maximum absolute atomic E-state index is 10.7. The summed E-state index contributed by atoms with van der Waals surface area (Å²) in [5, 5.41) is 9.45. The van der Waals surface area contributed by atoms with Gasteiger partial charge >= 0.3 is 0 Å². The van der Waals surface area contributed by atoms with Crippen molar-refractivity contribution in [3.63, 3.8) is 0 Å². The van der Waals surface area contributed by atoms with Crippen molar-refractivity contribution in [2.24, 2.45) is 12.8 Å². The molecule has 0 radical (unpaired) electrons. The van der Waals surface area contributed by atoms with E-state index in [1.54, 1.807) is 18.5 Å². The fraction of sp³-hybridized carbons (Fsp3) is 0.300. The third kappa shape index (κ3) is 3.93. The normalized spacial score (nSPS) is 10.6. The summed E-state index contributed by atoms with van der Waals surface area (Å²) >= 11 is 2.75. The van der Waals surface area contributed by atoms with Gasteiger partial charge in [-0.3, -0.25) is 4.79 Å². The van der Waals surface area contributed by atoms with E-state index in [0.29, 0.717) is 16.1 Å². The first-order chi connectivity index (χ1) is 9.16. The summed E-state index contributed by atoms with van der Waals surface area (Å²) in [5.74, 6) is 1.23. The summed E-state index contributed by atoms with van der Waals surface area (Å²) in [6, 6.07) is 1.77. The molecular weight excluding hydrogens is 284 g/mol. The molecule has 0 saturated heterocycles. The average molecular weight is 296 g/mol. The Kier molecular flexibility index (Phi) is 4.74. The predicted molar refractivity (Wildman–Crippen MR) is 72.5 cm³/mol. The lowest BCUT2D eigenvalue weighted by atomic mass is 10.7. The predicted octanol–water partition coefficient (Wildman–Crippen LogP) is 0.475. The molecular formula is C10H12N6OS2. The van der Waals surface area contributed by atoms with Gasteiger partial charge in [0.2, 0.25) is 5.91 Å². The van der Waals surface area contributed by atoms with Crippen LogP contribution in [-0.2, 0) is 17.6 Å². The van der Waals surface area contributed by atoms with Crippen LogP contribution in [0.1, 0.15) is 5.82 Å². The van der Waals surface area contributed by atoms with E-state index in [1.165, 1.54) is 23.5 Å². The SMILES string of the molecule is Cn1c(CSc2ncccn2)nnc1SCC(N)=O. The molecule has 7 nitrogen and oxygen atoms in total. The number of amides is 1. The van der Waals surface area contributed by atoms with Gasteiger partial charge in [0.05, 0.1) is 11.5 Å². The highest BCUT2D eigenvalue weighted by Gasteiger charge is 2.11. The molecule has 0 atom stereocenters. The summed E-state index contributed by atoms with van der Waals surface area (Å²) in [6.07, 6.45) is 3.39. The molecule has 2 aromatic rings. The number of hydrogen-bond acceptors (Lipinski definition) is 7. The van der Waals surface area contributed by atoms with E-state index in [4.69, 9.17) is 5.73 Å². The zero-order valence-electron chi connectivity index (χ0n) is 10.2. The summed E-state index contributed by atoms with van der Waals surface area (Å²) in [5.41, 5.74) is 5.09. The Morgan fingerprint density at radius 2 is 2.05 bits per heavy atom. The van der Waals surface area contributed by atoms with Crippen LogP contribution in [0.4, 0.5) is 0 Å². The second-order valence-electron chi connectivity index (χ2n) is 3.53. The third-order valence-electron chi connectivity index (χ3n) is 2.14. The van der Waals surface area contributed by atoms with Crippen molar-refractivity contribution in [2.45, 2.75) is 16.1 Å². The zero-order chi connectivity index (χ0) is 13.7. The van der Waals surface area contributed by atoms with Crippen LogP contribution in [0, 0.1) is 0 Å². The quantitative estimate of drug-likeness (QED) is 0.611. The van der Waals surface area contributed by atoms with E-state index in [1.807, 2.05) is 11.6 Å². The molecule has 0 fully saturated rings. The first-order valence-corrected chi connectivity index (χ1v) is 7.33. The summed E-state index contributed by atoms with van der Waals surface area (Å²) in [4.78, 5) is 19.0. The first kappa shape index (κ1) is 13.8. The van der Waals surface area contributed by atoms with E-state index < -0.39 is 0 Å². The molecule has 0 aliphatic carbocycles. The highest BCUT2D eigenvalue weighted by atomic mass is 32.2. The number of nitrogens with two attached hydrogens (primary N) is 1. The molecule has 2 rings (SSSR count). The Morgan fingerprint density at radius 1 is 1.32 bits per heavy atom. The molecule has 2 heterocycles. The van der Waals surface area contributed by atoms with Gasteiger partial charge in [-0.25, -0.2) is 9.97 Å². The topological polar surface area (TPSA) is 99.6 Å². The molecule has 0 aromatic carbocycles. The highest BCUT2D eigenvalue weighted by Crippen LogP contribution is 2.20. The van der Waals surface area contributed by atoms with Gasteiger partial charge in [-0.1, -0.05) is 23.5 Å². The van der Waals surface area contributed by atoms with Gasteiger partial charge in [0, 0.05) is 19.4 Å². The van der Waals surface area contributed by atoms with Crippen molar-refractivity contribution in [1.29, 1.82) is 0 Å². The molecule has 0 bridgehead atoms. The van der Waals surface area contributed by atoms with E-state index in [-0.39, 0.29) is 11.7 Å². The van der Waals surface area contributed by atoms with Gasteiger partial charge in [-0.15, -0.1) is 10.2 Å². The number of primary amides is 1. The Labute approximate surface area is 118 Å². The molecule has 19 heavy (non-hydrogen) atoms. The minimum absolute atomic E-state index is 0.195. The minimum Gasteiger partial charge on any atom is -0.369 e. The Bertz CT molecular complexity index is 558. The summed E-state index contributed by atoms with van der Waals surface area (Å²) in [7, 11) is 1.85. The van der Waals surface area contributed by atoms with Crippen molar-refractivity contribution in [3.05, 3.63) is 24.3 Å². The van der Waals surface area contributed by atoms with Crippen LogP contribution in [0.15, 0.2) is 28.8 Å². The molecule has 2 N–H and O–H groups in total. The smallest absolute Gasteiger partial charge is 0.227 e. The molecule has 0 aliphatic rings. The Hall–Kier alpha value is -1.61. The van der Waals surface area contributed by atoms with Crippen LogP contribution in [0.3, 0.4) is 0 Å². The van der Waals surface area contributed by atoms with Crippen LogP contribution in [0.5, 0.6) is 0 Å². The molecule has 100 valence electrons. The number of aromatic nitrogens is 5. The monoisotopic (exact) mass is 296 g/mol. The third-order valence-corrected chi connectivity index (χ3v) is 4.06. The van der Waals surface area contributed by atoms with Crippen molar-refractivity contribution in [2.75, 3.05) is 5.75 Å². The number of carbonyl (C=O) groups excluding carboxylic acids is 1. The lowest BCUT2D eigenvalue weighted by Crippen LogP contribution is -2.13. The highest BCUT2D eigenvalue weighted by molar-refractivity contribution is 7.99. The van der Waals surface area contributed by atoms with Gasteiger partial charge in [0.15, 0.2) is 10.3 Å². The van der Waals surface area contributed by atoms with E-state index in [0.717, 1.165) is 5.82 Å². The molecule has 2 aromatic heterocycles. The minimum atomic E-state index is -0.374. The molecule has 0 saturated carbocycles. The van der Waals surface area contributed by atoms with Crippen LogP contribution in [0.25, 0.3) is 0 Å². The molecule has 0 spiro atoms. The van der Waals surface area contributed by atoms with Gasteiger partial charge in [0.25, 0.3) is 0 Å². The number of thioether (sulfide) groups is 2. The van der Waals surface area contributed by atoms with Crippen LogP contribution < -0.4 is 5.73 Å². The molecule has 0 aliphatic heterocycles. The standard InChI is InChI=1S/C10H12N6OS2/c1-16-8(6-18-9-12-3-2-4-13-9)14-15-10(16)19-5-7(11)17/h2-4H,5-6H2,1H3,(H2,11,17). The van der Waals surface area contributed by atoms with Crippen molar-refractivity contribution in [3.8, 4) is 0 Å². The maximum Gasteiger partial charge on any atom is 0.227 e. The largest absolute Gasteiger partial charge is 0.369 e. The van der Waals surface area contributed by atoms with E-state index in [9.17, 15) is 4.79 Å².